The largest absolute Gasteiger partial charge is 0.446 e. The topological polar surface area (TPSA) is 75.4 Å². The number of rotatable bonds is 6. The van der Waals surface area contributed by atoms with Crippen LogP contribution in [-0.2, 0) is 6.54 Å². The molecule has 0 unspecified atom stereocenters. The number of hydrogen-bond acceptors (Lipinski definition) is 4. The minimum absolute atomic E-state index is 0.0102. The van der Waals surface area contributed by atoms with Crippen molar-refractivity contribution in [3.8, 4) is 0 Å². The number of amides is 2. The fourth-order valence-electron chi connectivity index (χ4n) is 2.30. The van der Waals surface area contributed by atoms with E-state index < -0.39 is 0 Å². The maximum Gasteiger partial charge on any atom is 0.273 e. The second kappa shape index (κ2) is 8.56. The van der Waals surface area contributed by atoms with Crippen molar-refractivity contribution in [1.82, 2.24) is 15.2 Å². The van der Waals surface area contributed by atoms with Crippen LogP contribution in [0.3, 0.4) is 0 Å². The minimum Gasteiger partial charge on any atom is -0.446 e. The van der Waals surface area contributed by atoms with Gasteiger partial charge in [0, 0.05) is 27.7 Å². The molecule has 0 bridgehead atoms. The molecule has 0 spiro atoms. The second-order valence-corrected chi connectivity index (χ2v) is 7.31. The molecule has 1 aromatic heterocycles. The van der Waals surface area contributed by atoms with Crippen molar-refractivity contribution < 1.29 is 14.0 Å². The van der Waals surface area contributed by atoms with Crippen molar-refractivity contribution in [2.75, 3.05) is 0 Å². The highest BCUT2D eigenvalue weighted by Gasteiger charge is 2.23. The first-order chi connectivity index (χ1) is 12.2. The lowest BCUT2D eigenvalue weighted by Crippen LogP contribution is -2.36. The molecule has 0 saturated carbocycles. The lowest BCUT2D eigenvalue weighted by atomic mass is 10.1. The SMILES string of the molecule is CC(C)NC(=O)c1coc(CN(C(=O)c2cc(Cl)cc(Cl)c2)C(C)C)n1. The van der Waals surface area contributed by atoms with Crippen LogP contribution in [0, 0.1) is 0 Å². The maximum atomic E-state index is 12.8. The Labute approximate surface area is 162 Å². The smallest absolute Gasteiger partial charge is 0.273 e. The molecule has 6 nitrogen and oxygen atoms in total. The third-order valence-corrected chi connectivity index (χ3v) is 3.94. The van der Waals surface area contributed by atoms with Gasteiger partial charge in [-0.25, -0.2) is 4.98 Å². The molecule has 0 saturated heterocycles. The van der Waals surface area contributed by atoms with Crippen LogP contribution < -0.4 is 5.32 Å². The molecule has 2 amide bonds. The van der Waals surface area contributed by atoms with E-state index in [1.807, 2.05) is 27.7 Å². The average Bonchev–Trinajstić information content (AvgIpc) is 2.99. The summed E-state index contributed by atoms with van der Waals surface area (Å²) < 4.78 is 5.36. The van der Waals surface area contributed by atoms with Crippen LogP contribution in [0.1, 0.15) is 54.4 Å². The number of halogens is 2. The highest BCUT2D eigenvalue weighted by atomic mass is 35.5. The van der Waals surface area contributed by atoms with Crippen molar-refractivity contribution in [3.63, 3.8) is 0 Å². The zero-order chi connectivity index (χ0) is 19.4. The highest BCUT2D eigenvalue weighted by Crippen LogP contribution is 2.22. The molecule has 0 atom stereocenters. The van der Waals surface area contributed by atoms with E-state index in [9.17, 15) is 9.59 Å². The predicted octanol–water partition coefficient (Wildman–Crippen LogP) is 4.17. The summed E-state index contributed by atoms with van der Waals surface area (Å²) >= 11 is 12.0. The van der Waals surface area contributed by atoms with Gasteiger partial charge in [-0.05, 0) is 45.9 Å². The van der Waals surface area contributed by atoms with Crippen LogP contribution in [-0.4, -0.2) is 33.8 Å². The van der Waals surface area contributed by atoms with Crippen LogP contribution in [0.25, 0.3) is 0 Å². The third-order valence-electron chi connectivity index (χ3n) is 3.50. The number of benzene rings is 1. The molecular weight excluding hydrogens is 377 g/mol. The Hall–Kier alpha value is -2.05. The number of carbonyl (C=O) groups excluding carboxylic acids is 2. The van der Waals surface area contributed by atoms with Crippen LogP contribution in [0.4, 0.5) is 0 Å². The Morgan fingerprint density at radius 1 is 1.15 bits per heavy atom. The molecule has 0 aliphatic rings. The van der Waals surface area contributed by atoms with Gasteiger partial charge in [0.15, 0.2) is 5.69 Å². The van der Waals surface area contributed by atoms with E-state index >= 15 is 0 Å². The predicted molar refractivity (Wildman–Crippen MR) is 101 cm³/mol. The molecule has 2 rings (SSSR count). The van der Waals surface area contributed by atoms with Gasteiger partial charge in [-0.3, -0.25) is 9.59 Å². The molecule has 0 radical (unpaired) electrons. The van der Waals surface area contributed by atoms with Crippen molar-refractivity contribution in [1.29, 1.82) is 0 Å². The van der Waals surface area contributed by atoms with E-state index in [2.05, 4.69) is 10.3 Å². The van der Waals surface area contributed by atoms with Gasteiger partial charge in [0.1, 0.15) is 6.26 Å². The van der Waals surface area contributed by atoms with E-state index in [4.69, 9.17) is 27.6 Å². The van der Waals surface area contributed by atoms with Crippen molar-refractivity contribution in [3.05, 3.63) is 51.7 Å². The Morgan fingerprint density at radius 2 is 1.77 bits per heavy atom. The Morgan fingerprint density at radius 3 is 2.31 bits per heavy atom. The highest BCUT2D eigenvalue weighted by molar-refractivity contribution is 6.35. The number of oxazole rings is 1. The van der Waals surface area contributed by atoms with E-state index in [0.29, 0.717) is 15.6 Å². The molecule has 26 heavy (non-hydrogen) atoms. The van der Waals surface area contributed by atoms with Crippen LogP contribution >= 0.6 is 23.2 Å². The first-order valence-electron chi connectivity index (χ1n) is 8.19. The molecule has 1 N–H and O–H groups in total. The quantitative estimate of drug-likeness (QED) is 0.793. The van der Waals surface area contributed by atoms with Crippen LogP contribution in [0.15, 0.2) is 28.9 Å². The first kappa shape index (κ1) is 20.3. The Balaban J connectivity index is 2.19. The fourth-order valence-corrected chi connectivity index (χ4v) is 2.83. The summed E-state index contributed by atoms with van der Waals surface area (Å²) in [5, 5.41) is 3.50. The molecule has 2 aromatic rings. The van der Waals surface area contributed by atoms with Crippen molar-refractivity contribution in [2.24, 2.45) is 0 Å². The summed E-state index contributed by atoms with van der Waals surface area (Å²) in [6, 6.07) is 4.54. The lowest BCUT2D eigenvalue weighted by Gasteiger charge is -2.25. The van der Waals surface area contributed by atoms with Gasteiger partial charge < -0.3 is 14.6 Å². The molecular formula is C18H21Cl2N3O3. The molecule has 1 aromatic carbocycles. The van der Waals surface area contributed by atoms with Crippen LogP contribution in [0.5, 0.6) is 0 Å². The van der Waals surface area contributed by atoms with Gasteiger partial charge in [0.05, 0.1) is 6.54 Å². The summed E-state index contributed by atoms with van der Waals surface area (Å²) in [6.07, 6.45) is 1.28. The third kappa shape index (κ3) is 5.22. The monoisotopic (exact) mass is 397 g/mol. The van der Waals surface area contributed by atoms with Gasteiger partial charge >= 0.3 is 0 Å². The van der Waals surface area contributed by atoms with Crippen molar-refractivity contribution in [2.45, 2.75) is 46.3 Å². The van der Waals surface area contributed by atoms with E-state index in [-0.39, 0.29) is 42.0 Å². The van der Waals surface area contributed by atoms with Crippen molar-refractivity contribution >= 4 is 35.0 Å². The average molecular weight is 398 g/mol. The first-order valence-corrected chi connectivity index (χ1v) is 8.95. The Kier molecular flexibility index (Phi) is 6.67. The molecule has 0 aliphatic heterocycles. The van der Waals surface area contributed by atoms with Gasteiger partial charge in [-0.2, -0.15) is 0 Å². The number of hydrogen-bond donors (Lipinski definition) is 1. The van der Waals surface area contributed by atoms with Gasteiger partial charge in [0.25, 0.3) is 11.8 Å². The van der Waals surface area contributed by atoms with E-state index in [0.717, 1.165) is 0 Å². The summed E-state index contributed by atoms with van der Waals surface area (Å²) in [5.74, 6) is -0.302. The maximum absolute atomic E-state index is 12.8. The number of aromatic nitrogens is 1. The van der Waals surface area contributed by atoms with E-state index in [1.54, 1.807) is 23.1 Å². The lowest BCUT2D eigenvalue weighted by molar-refractivity contribution is 0.0672. The molecule has 0 fully saturated rings. The van der Waals surface area contributed by atoms with Gasteiger partial charge in [-0.15, -0.1) is 0 Å². The molecule has 0 aliphatic carbocycles. The van der Waals surface area contributed by atoms with Crippen LogP contribution in [0.2, 0.25) is 10.0 Å². The number of nitrogens with one attached hydrogen (secondary N) is 1. The summed E-state index contributed by atoms with van der Waals surface area (Å²) in [7, 11) is 0. The number of nitrogens with zero attached hydrogens (tertiary/aromatic N) is 2. The summed E-state index contributed by atoms with van der Waals surface area (Å²) in [6.45, 7) is 7.58. The van der Waals surface area contributed by atoms with Gasteiger partial charge in [-0.1, -0.05) is 23.2 Å². The minimum atomic E-state index is -0.320. The summed E-state index contributed by atoms with van der Waals surface area (Å²) in [5.41, 5.74) is 0.552. The molecule has 8 heteroatoms. The number of carbonyl (C=O) groups is 2. The zero-order valence-corrected chi connectivity index (χ0v) is 16.6. The second-order valence-electron chi connectivity index (χ2n) is 6.44. The normalized spacial score (nSPS) is 11.1. The molecule has 140 valence electrons. The summed E-state index contributed by atoms with van der Waals surface area (Å²) in [4.78, 5) is 30.6. The molecule has 1 heterocycles. The Bertz CT molecular complexity index is 782. The standard InChI is InChI=1S/C18H21Cl2N3O3/c1-10(2)21-17(24)15-9-26-16(22-15)8-23(11(3)4)18(25)12-5-13(19)7-14(20)6-12/h5-7,9-11H,8H2,1-4H3,(H,21,24). The zero-order valence-electron chi connectivity index (χ0n) is 15.0. The van der Waals surface area contributed by atoms with Gasteiger partial charge in [0.2, 0.25) is 5.89 Å². The van der Waals surface area contributed by atoms with E-state index in [1.165, 1.54) is 6.26 Å². The fraction of sp³-hybridized carbons (Fsp3) is 0.389.